The molecule has 11 heteroatoms. The lowest BCUT2D eigenvalue weighted by atomic mass is 9.95. The molecular weight excluding hydrogens is 521 g/mol. The van der Waals surface area contributed by atoms with Crippen LogP contribution in [0.25, 0.3) is 28.0 Å². The zero-order chi connectivity index (χ0) is 27.3. The van der Waals surface area contributed by atoms with Crippen molar-refractivity contribution in [3.05, 3.63) is 66.1 Å². The van der Waals surface area contributed by atoms with Crippen LogP contribution in [0.2, 0.25) is 5.02 Å². The van der Waals surface area contributed by atoms with Gasteiger partial charge in [0.05, 0.1) is 13.3 Å². The summed E-state index contributed by atoms with van der Waals surface area (Å²) in [4.78, 5) is 18.1. The van der Waals surface area contributed by atoms with Crippen molar-refractivity contribution in [1.29, 1.82) is 0 Å². The number of aromatic nitrogens is 3. The number of nitrogens with one attached hydrogen (secondary N) is 1. The Morgan fingerprint density at radius 2 is 1.87 bits per heavy atom. The van der Waals surface area contributed by atoms with Gasteiger partial charge >= 0.3 is 12.1 Å². The van der Waals surface area contributed by atoms with E-state index in [1.54, 1.807) is 19.5 Å². The molecule has 0 saturated heterocycles. The number of halogens is 4. The first-order valence-electron chi connectivity index (χ1n) is 12.0. The summed E-state index contributed by atoms with van der Waals surface area (Å²) < 4.78 is 39.5. The van der Waals surface area contributed by atoms with Gasteiger partial charge < -0.3 is 15.2 Å². The van der Waals surface area contributed by atoms with E-state index in [0.717, 1.165) is 39.6 Å². The Bertz CT molecular complexity index is 1420. The van der Waals surface area contributed by atoms with Gasteiger partial charge in [0.1, 0.15) is 17.3 Å². The highest BCUT2D eigenvalue weighted by Gasteiger charge is 2.38. The largest absolute Gasteiger partial charge is 0.496 e. The number of ether oxygens (including phenoxy) is 1. The SMILES string of the molecule is COc1ccc(-c2nc3cnccn3c2NC2CCCCC2)cc1-c1cccc(Cl)c1.O=C(O)C(F)(F)F. The maximum absolute atomic E-state index is 10.6. The molecule has 2 heterocycles. The first-order chi connectivity index (χ1) is 18.2. The van der Waals surface area contributed by atoms with Crippen LogP contribution in [0.4, 0.5) is 19.0 Å². The summed E-state index contributed by atoms with van der Waals surface area (Å²) in [7, 11) is 1.69. The molecule has 7 nitrogen and oxygen atoms in total. The lowest BCUT2D eigenvalue weighted by Gasteiger charge is -2.24. The van der Waals surface area contributed by atoms with E-state index < -0.39 is 12.1 Å². The number of imidazole rings is 1. The van der Waals surface area contributed by atoms with Gasteiger partial charge in [-0.25, -0.2) is 9.78 Å². The van der Waals surface area contributed by atoms with E-state index in [2.05, 4.69) is 26.8 Å². The van der Waals surface area contributed by atoms with Crippen LogP contribution in [-0.4, -0.2) is 44.8 Å². The molecule has 4 aromatic rings. The second kappa shape index (κ2) is 11.7. The number of methoxy groups -OCH3 is 1. The number of nitrogens with zero attached hydrogens (tertiary/aromatic N) is 3. The first kappa shape index (κ1) is 27.3. The number of aliphatic carboxylic acids is 1. The Hall–Kier alpha value is -3.79. The lowest BCUT2D eigenvalue weighted by molar-refractivity contribution is -0.192. The van der Waals surface area contributed by atoms with E-state index in [1.165, 1.54) is 32.1 Å². The summed E-state index contributed by atoms with van der Waals surface area (Å²) in [5.41, 5.74) is 4.78. The molecule has 1 saturated carbocycles. The normalized spacial score (nSPS) is 14.0. The summed E-state index contributed by atoms with van der Waals surface area (Å²) >= 11 is 6.26. The number of hydrogen-bond donors (Lipinski definition) is 2. The van der Waals surface area contributed by atoms with Crippen LogP contribution in [0.1, 0.15) is 32.1 Å². The molecule has 2 aromatic heterocycles. The first-order valence-corrected chi connectivity index (χ1v) is 12.4. The van der Waals surface area contributed by atoms with Crippen molar-refractivity contribution in [1.82, 2.24) is 14.4 Å². The van der Waals surface area contributed by atoms with Gasteiger partial charge in [0.2, 0.25) is 0 Å². The highest BCUT2D eigenvalue weighted by atomic mass is 35.5. The quantitative estimate of drug-likeness (QED) is 0.277. The molecule has 200 valence electrons. The van der Waals surface area contributed by atoms with Gasteiger partial charge in [-0.15, -0.1) is 0 Å². The second-order valence-corrected chi connectivity index (χ2v) is 9.26. The minimum atomic E-state index is -5.08. The Balaban J connectivity index is 0.000000426. The van der Waals surface area contributed by atoms with Crippen molar-refractivity contribution in [2.24, 2.45) is 0 Å². The molecule has 38 heavy (non-hydrogen) atoms. The maximum atomic E-state index is 10.6. The van der Waals surface area contributed by atoms with Gasteiger partial charge in [-0.1, -0.05) is 43.0 Å². The minimum Gasteiger partial charge on any atom is -0.496 e. The van der Waals surface area contributed by atoms with Gasteiger partial charge in [-0.3, -0.25) is 9.38 Å². The zero-order valence-corrected chi connectivity index (χ0v) is 21.3. The summed E-state index contributed by atoms with van der Waals surface area (Å²) in [5.74, 6) is -0.933. The summed E-state index contributed by atoms with van der Waals surface area (Å²) in [6, 6.07) is 14.5. The van der Waals surface area contributed by atoms with Gasteiger partial charge in [0.15, 0.2) is 5.65 Å². The average Bonchev–Trinajstić information content (AvgIpc) is 3.27. The summed E-state index contributed by atoms with van der Waals surface area (Å²) in [5, 5.41) is 11.6. The molecule has 1 aliphatic rings. The van der Waals surface area contributed by atoms with E-state index in [1.807, 2.05) is 36.5 Å². The molecule has 0 bridgehead atoms. The lowest BCUT2D eigenvalue weighted by Crippen LogP contribution is -2.23. The van der Waals surface area contributed by atoms with Crippen LogP contribution >= 0.6 is 11.6 Å². The van der Waals surface area contributed by atoms with Crippen molar-refractivity contribution in [3.8, 4) is 28.1 Å². The Labute approximate surface area is 222 Å². The molecule has 1 fully saturated rings. The van der Waals surface area contributed by atoms with Crippen molar-refractivity contribution < 1.29 is 27.8 Å². The van der Waals surface area contributed by atoms with E-state index in [4.69, 9.17) is 31.2 Å². The Morgan fingerprint density at radius 1 is 1.13 bits per heavy atom. The molecule has 2 aromatic carbocycles. The average molecular weight is 547 g/mol. The number of benzene rings is 2. The monoisotopic (exact) mass is 546 g/mol. The molecule has 0 spiro atoms. The zero-order valence-electron chi connectivity index (χ0n) is 20.5. The predicted molar refractivity (Wildman–Crippen MR) is 140 cm³/mol. The van der Waals surface area contributed by atoms with E-state index >= 15 is 0 Å². The maximum Gasteiger partial charge on any atom is 0.490 e. The number of anilines is 1. The highest BCUT2D eigenvalue weighted by molar-refractivity contribution is 6.30. The molecule has 0 radical (unpaired) electrons. The van der Waals surface area contributed by atoms with Crippen LogP contribution in [0.15, 0.2) is 61.1 Å². The van der Waals surface area contributed by atoms with Crippen molar-refractivity contribution in [3.63, 3.8) is 0 Å². The molecule has 0 unspecified atom stereocenters. The summed E-state index contributed by atoms with van der Waals surface area (Å²) in [6.07, 6.45) is 6.73. The van der Waals surface area contributed by atoms with Crippen LogP contribution in [0.3, 0.4) is 0 Å². The molecule has 0 atom stereocenters. The predicted octanol–water partition coefficient (Wildman–Crippen LogP) is 7.10. The van der Waals surface area contributed by atoms with Crippen molar-refractivity contribution >= 4 is 29.0 Å². The number of fused-ring (bicyclic) bond motifs is 1. The third kappa shape index (κ3) is 6.36. The van der Waals surface area contributed by atoms with E-state index in [-0.39, 0.29) is 0 Å². The number of carbonyl (C=O) groups is 1. The smallest absolute Gasteiger partial charge is 0.490 e. The third-order valence-electron chi connectivity index (χ3n) is 6.23. The third-order valence-corrected chi connectivity index (χ3v) is 6.46. The van der Waals surface area contributed by atoms with Crippen LogP contribution in [0.5, 0.6) is 5.75 Å². The van der Waals surface area contributed by atoms with Crippen LogP contribution < -0.4 is 10.1 Å². The van der Waals surface area contributed by atoms with E-state index in [0.29, 0.717) is 11.1 Å². The number of alkyl halides is 3. The second-order valence-electron chi connectivity index (χ2n) is 8.82. The molecule has 0 amide bonds. The fraction of sp³-hybridized carbons (Fsp3) is 0.296. The van der Waals surface area contributed by atoms with Crippen LogP contribution in [-0.2, 0) is 4.79 Å². The molecular formula is C27H26ClF3N4O3. The Morgan fingerprint density at radius 3 is 2.53 bits per heavy atom. The van der Waals surface area contributed by atoms with Crippen molar-refractivity contribution in [2.75, 3.05) is 12.4 Å². The Kier molecular flexibility index (Phi) is 8.41. The van der Waals surface area contributed by atoms with Crippen molar-refractivity contribution in [2.45, 2.75) is 44.3 Å². The van der Waals surface area contributed by atoms with Gasteiger partial charge in [-0.05, 0) is 48.7 Å². The summed E-state index contributed by atoms with van der Waals surface area (Å²) in [6.45, 7) is 0. The van der Waals surface area contributed by atoms with Crippen LogP contribution in [0, 0.1) is 0 Å². The van der Waals surface area contributed by atoms with E-state index in [9.17, 15) is 13.2 Å². The standard InChI is InChI=1S/C25H25ClN4O.C2HF3O2/c1-31-22-11-10-18(15-21(22)17-6-5-7-19(26)14-17)24-25(28-20-8-3-2-4-9-20)30-13-12-27-16-23(30)29-24;3-2(4,5)1(6)7/h5-7,10-16,20,28H,2-4,8-9H2,1H3;(H,6,7). The number of rotatable bonds is 5. The molecule has 2 N–H and O–H groups in total. The molecule has 1 aliphatic carbocycles. The van der Waals surface area contributed by atoms with Gasteiger partial charge in [0, 0.05) is 34.6 Å². The fourth-order valence-electron chi connectivity index (χ4n) is 4.42. The fourth-order valence-corrected chi connectivity index (χ4v) is 4.61. The molecule has 5 rings (SSSR count). The number of carboxylic acids is 1. The molecule has 0 aliphatic heterocycles. The van der Waals surface area contributed by atoms with Gasteiger partial charge in [-0.2, -0.15) is 13.2 Å². The number of hydrogen-bond acceptors (Lipinski definition) is 5. The topological polar surface area (TPSA) is 88.8 Å². The van der Waals surface area contributed by atoms with Gasteiger partial charge in [0.25, 0.3) is 0 Å². The minimum absolute atomic E-state index is 0.464. The highest BCUT2D eigenvalue weighted by Crippen LogP contribution is 2.38. The number of carboxylic acid groups (broad SMARTS) is 1.